The molecule has 1 fully saturated rings. The minimum Gasteiger partial charge on any atom is -0.496 e. The Morgan fingerprint density at radius 1 is 1.00 bits per heavy atom. The third-order valence-corrected chi connectivity index (χ3v) is 5.99. The molecule has 0 saturated carbocycles. The number of likely N-dealkylation sites (tertiary alicyclic amines) is 1. The molecule has 0 bridgehead atoms. The number of anilines is 1. The van der Waals surface area contributed by atoms with Crippen molar-refractivity contribution < 1.29 is 18.7 Å². The molecule has 8 nitrogen and oxygen atoms in total. The fourth-order valence-electron chi connectivity index (χ4n) is 3.87. The van der Waals surface area contributed by atoms with Crippen molar-refractivity contribution in [3.8, 4) is 5.75 Å². The molecule has 4 N–H and O–H groups in total. The summed E-state index contributed by atoms with van der Waals surface area (Å²) in [4.78, 5) is 27.4. The molecule has 188 valence electrons. The molecule has 1 aliphatic heterocycles. The van der Waals surface area contributed by atoms with Crippen LogP contribution < -0.4 is 26.2 Å². The van der Waals surface area contributed by atoms with Gasteiger partial charge >= 0.3 is 0 Å². The normalized spacial score (nSPS) is 13.5. The van der Waals surface area contributed by atoms with E-state index in [9.17, 15) is 14.0 Å². The lowest BCUT2D eigenvalue weighted by Crippen LogP contribution is -2.47. The van der Waals surface area contributed by atoms with Crippen LogP contribution in [0.3, 0.4) is 0 Å². The molecular weight excluding hydrogens is 469 g/mol. The molecule has 2 aromatic rings. The van der Waals surface area contributed by atoms with Gasteiger partial charge in [0.15, 0.2) is 5.11 Å². The fourth-order valence-corrected chi connectivity index (χ4v) is 4.02. The molecule has 1 saturated heterocycles. The number of nitrogens with zero attached hydrogens (tertiary/aromatic N) is 1. The molecule has 2 amide bonds. The molecule has 2 aromatic carbocycles. The maximum Gasteiger partial charge on any atom is 0.273 e. The quantitative estimate of drug-likeness (QED) is 0.238. The first-order valence-corrected chi connectivity index (χ1v) is 12.2. The monoisotopic (exact) mass is 501 g/mol. The maximum atomic E-state index is 13.8. The number of ether oxygens (including phenoxy) is 1. The van der Waals surface area contributed by atoms with Crippen LogP contribution in [-0.2, 0) is 0 Å². The number of hydrogen-bond acceptors (Lipinski definition) is 5. The molecular formula is C25H32FN5O3S. The first-order chi connectivity index (χ1) is 17.0. The van der Waals surface area contributed by atoms with Crippen molar-refractivity contribution in [2.75, 3.05) is 38.6 Å². The second kappa shape index (κ2) is 13.6. The Balaban J connectivity index is 1.43. The average molecular weight is 502 g/mol. The van der Waals surface area contributed by atoms with E-state index in [1.54, 1.807) is 6.07 Å². The Hall–Kier alpha value is -3.24. The summed E-state index contributed by atoms with van der Waals surface area (Å²) in [6, 6.07) is 10.2. The number of methoxy groups -OCH3 is 1. The van der Waals surface area contributed by atoms with Crippen molar-refractivity contribution >= 4 is 34.8 Å². The zero-order valence-electron chi connectivity index (χ0n) is 19.9. The fraction of sp³-hybridized carbons (Fsp3) is 0.400. The number of amides is 2. The molecule has 35 heavy (non-hydrogen) atoms. The summed E-state index contributed by atoms with van der Waals surface area (Å²) >= 11 is 5.23. The number of nitrogens with one attached hydrogen (secondary N) is 4. The summed E-state index contributed by atoms with van der Waals surface area (Å²) in [5.74, 6) is -1.43. The number of piperidine rings is 1. The molecule has 3 rings (SSSR count). The Morgan fingerprint density at radius 2 is 1.77 bits per heavy atom. The molecule has 0 unspecified atom stereocenters. The van der Waals surface area contributed by atoms with E-state index in [0.717, 1.165) is 25.9 Å². The standard InChI is InChI=1S/C25H32FN5O3S/c1-34-22-17-18(28-23(32)19-9-3-4-10-21(19)26)11-12-20(22)24(33)29-30-25(35)27-13-5-8-16-31-14-6-2-7-15-31/h3-4,9-12,17H,2,5-8,13-16H2,1H3,(H,28,32)(H,29,33)(H2,27,30,35). The second-order valence-electron chi connectivity index (χ2n) is 8.29. The number of thiocarbonyl (C=S) groups is 1. The van der Waals surface area contributed by atoms with Gasteiger partial charge < -0.3 is 20.3 Å². The summed E-state index contributed by atoms with van der Waals surface area (Å²) in [7, 11) is 1.41. The largest absolute Gasteiger partial charge is 0.496 e. The highest BCUT2D eigenvalue weighted by molar-refractivity contribution is 7.80. The lowest BCUT2D eigenvalue weighted by molar-refractivity contribution is 0.0940. The number of hydrogen-bond donors (Lipinski definition) is 4. The number of rotatable bonds is 9. The van der Waals surface area contributed by atoms with Crippen LogP contribution in [0.5, 0.6) is 5.75 Å². The van der Waals surface area contributed by atoms with Gasteiger partial charge in [0, 0.05) is 18.3 Å². The smallest absolute Gasteiger partial charge is 0.273 e. The van der Waals surface area contributed by atoms with Gasteiger partial charge in [0.1, 0.15) is 11.6 Å². The number of hydrazine groups is 1. The zero-order chi connectivity index (χ0) is 25.0. The number of halogens is 1. The summed E-state index contributed by atoms with van der Waals surface area (Å²) in [5, 5.41) is 6.01. The highest BCUT2D eigenvalue weighted by atomic mass is 32.1. The van der Waals surface area contributed by atoms with Crippen LogP contribution in [-0.4, -0.2) is 55.1 Å². The van der Waals surface area contributed by atoms with E-state index in [4.69, 9.17) is 17.0 Å². The second-order valence-corrected chi connectivity index (χ2v) is 8.70. The van der Waals surface area contributed by atoms with E-state index in [-0.39, 0.29) is 16.9 Å². The molecule has 1 heterocycles. The van der Waals surface area contributed by atoms with Crippen LogP contribution in [0.4, 0.5) is 10.1 Å². The lowest BCUT2D eigenvalue weighted by Gasteiger charge is -2.26. The van der Waals surface area contributed by atoms with Gasteiger partial charge in [-0.2, -0.15) is 0 Å². The van der Waals surface area contributed by atoms with Crippen molar-refractivity contribution in [3.63, 3.8) is 0 Å². The van der Waals surface area contributed by atoms with E-state index in [0.29, 0.717) is 10.8 Å². The van der Waals surface area contributed by atoms with Gasteiger partial charge in [-0.15, -0.1) is 0 Å². The first-order valence-electron chi connectivity index (χ1n) is 11.8. The highest BCUT2D eigenvalue weighted by Gasteiger charge is 2.16. The van der Waals surface area contributed by atoms with Crippen LogP contribution in [0.15, 0.2) is 42.5 Å². The molecule has 0 aromatic heterocycles. The Kier molecular flexibility index (Phi) is 10.2. The summed E-state index contributed by atoms with van der Waals surface area (Å²) < 4.78 is 19.1. The number of benzene rings is 2. The van der Waals surface area contributed by atoms with E-state index in [2.05, 4.69) is 26.4 Å². The topological polar surface area (TPSA) is 94.7 Å². The van der Waals surface area contributed by atoms with Gasteiger partial charge in [-0.1, -0.05) is 18.6 Å². The van der Waals surface area contributed by atoms with Crippen molar-refractivity contribution in [1.82, 2.24) is 21.1 Å². The molecule has 10 heteroatoms. The summed E-state index contributed by atoms with van der Waals surface area (Å²) in [5.41, 5.74) is 5.76. The van der Waals surface area contributed by atoms with Crippen molar-refractivity contribution in [2.45, 2.75) is 32.1 Å². The first kappa shape index (κ1) is 26.4. The Labute approximate surface area is 210 Å². The van der Waals surface area contributed by atoms with Crippen LogP contribution in [0, 0.1) is 5.82 Å². The lowest BCUT2D eigenvalue weighted by atomic mass is 10.1. The van der Waals surface area contributed by atoms with Gasteiger partial charge in [0.05, 0.1) is 18.2 Å². The number of carbonyl (C=O) groups excluding carboxylic acids is 2. The van der Waals surface area contributed by atoms with Crippen LogP contribution in [0.1, 0.15) is 52.8 Å². The Bertz CT molecular complexity index is 1030. The van der Waals surface area contributed by atoms with Gasteiger partial charge in [0.25, 0.3) is 11.8 Å². The number of unbranched alkanes of at least 4 members (excludes halogenated alkanes) is 1. The van der Waals surface area contributed by atoms with Crippen molar-refractivity contribution in [3.05, 3.63) is 59.4 Å². The zero-order valence-corrected chi connectivity index (χ0v) is 20.7. The maximum absolute atomic E-state index is 13.8. The number of carbonyl (C=O) groups is 2. The molecule has 1 aliphatic rings. The Morgan fingerprint density at radius 3 is 2.51 bits per heavy atom. The minimum atomic E-state index is -0.620. The van der Waals surface area contributed by atoms with Gasteiger partial charge in [-0.25, -0.2) is 4.39 Å². The molecule has 0 atom stereocenters. The van der Waals surface area contributed by atoms with Crippen LogP contribution >= 0.6 is 12.2 Å². The third kappa shape index (κ3) is 8.18. The molecule has 0 spiro atoms. The average Bonchev–Trinajstić information content (AvgIpc) is 2.87. The van der Waals surface area contributed by atoms with E-state index in [1.165, 1.54) is 75.9 Å². The van der Waals surface area contributed by atoms with Crippen molar-refractivity contribution in [1.29, 1.82) is 0 Å². The molecule has 0 radical (unpaired) electrons. The summed E-state index contributed by atoms with van der Waals surface area (Å²) in [6.07, 6.45) is 6.01. The highest BCUT2D eigenvalue weighted by Crippen LogP contribution is 2.24. The van der Waals surface area contributed by atoms with Gasteiger partial charge in [0.2, 0.25) is 0 Å². The van der Waals surface area contributed by atoms with Crippen molar-refractivity contribution in [2.24, 2.45) is 0 Å². The van der Waals surface area contributed by atoms with E-state index in [1.807, 2.05) is 0 Å². The van der Waals surface area contributed by atoms with E-state index < -0.39 is 17.6 Å². The minimum absolute atomic E-state index is 0.0787. The molecule has 0 aliphatic carbocycles. The third-order valence-electron chi connectivity index (χ3n) is 5.75. The van der Waals surface area contributed by atoms with Crippen LogP contribution in [0.2, 0.25) is 0 Å². The predicted octanol–water partition coefficient (Wildman–Crippen LogP) is 3.46. The van der Waals surface area contributed by atoms with Gasteiger partial charge in [-0.3, -0.25) is 20.4 Å². The van der Waals surface area contributed by atoms with Crippen LogP contribution in [0.25, 0.3) is 0 Å². The SMILES string of the molecule is COc1cc(NC(=O)c2ccccc2F)ccc1C(=O)NNC(=S)NCCCCN1CCCCC1. The summed E-state index contributed by atoms with van der Waals surface area (Å²) in [6.45, 7) is 4.22. The van der Waals surface area contributed by atoms with E-state index >= 15 is 0 Å². The predicted molar refractivity (Wildman–Crippen MR) is 138 cm³/mol. The van der Waals surface area contributed by atoms with Gasteiger partial charge in [-0.05, 0) is 81.8 Å².